The summed E-state index contributed by atoms with van der Waals surface area (Å²) in [5, 5.41) is 3.14. The number of carbonyl (C=O) groups is 2. The van der Waals surface area contributed by atoms with Crippen LogP contribution in [0.15, 0.2) is 42.7 Å². The van der Waals surface area contributed by atoms with Crippen LogP contribution in [0.3, 0.4) is 0 Å². The second kappa shape index (κ2) is 12.2. The Bertz CT molecular complexity index is 1490. The Kier molecular flexibility index (Phi) is 8.25. The van der Waals surface area contributed by atoms with Gasteiger partial charge in [0.05, 0.1) is 23.6 Å². The molecule has 4 heterocycles. The molecule has 0 unspecified atom stereocenters. The summed E-state index contributed by atoms with van der Waals surface area (Å²) in [4.78, 5) is 45.7. The van der Waals surface area contributed by atoms with Gasteiger partial charge in [0, 0.05) is 45.2 Å². The van der Waals surface area contributed by atoms with Gasteiger partial charge in [-0.05, 0) is 81.3 Å². The number of nitrogens with two attached hydrogens (primary N) is 1. The molecular formula is C32H39FN8O2. The number of piperazine rings is 1. The standard InChI is InChI=1S/C32H39FN8O2/c1-20-22(17-27(42)25-9-7-23(16-26(25)33)21-5-6-21)4-3-11-41(20)29-19-36-30(31(34)43)32(38-29)37-28-10-8-24(18-35-28)40-14-12-39(2)13-15-40/h7-10,16,18-22H,3-6,11-15,17H2,1-2H3,(H2,34,43)(H,35,37,38)/t20-,22+/m1/s1. The molecule has 3 fully saturated rings. The third-order valence-electron chi connectivity index (χ3n) is 9.09. The molecule has 43 heavy (non-hydrogen) atoms. The van der Waals surface area contributed by atoms with E-state index in [-0.39, 0.29) is 41.2 Å². The van der Waals surface area contributed by atoms with E-state index in [4.69, 9.17) is 10.7 Å². The van der Waals surface area contributed by atoms with Crippen molar-refractivity contribution in [3.05, 3.63) is 65.4 Å². The van der Waals surface area contributed by atoms with Crippen LogP contribution in [0.4, 0.5) is 27.5 Å². The minimum absolute atomic E-state index is 0.0153. The Morgan fingerprint density at radius 3 is 2.49 bits per heavy atom. The highest BCUT2D eigenvalue weighted by Gasteiger charge is 2.32. The fraction of sp³-hybridized carbons (Fsp3) is 0.469. The van der Waals surface area contributed by atoms with Crippen LogP contribution in [0.25, 0.3) is 0 Å². The molecule has 11 heteroatoms. The molecule has 1 amide bonds. The molecule has 6 rings (SSSR count). The Labute approximate surface area is 251 Å². The van der Waals surface area contributed by atoms with Crippen LogP contribution in [0.5, 0.6) is 0 Å². The van der Waals surface area contributed by atoms with Gasteiger partial charge >= 0.3 is 0 Å². The SMILES string of the molecule is C[C@@H]1[C@H](CC(=O)c2ccc(C3CC3)cc2F)CCCN1c1cnc(C(N)=O)c(Nc2ccc(N3CCN(C)CC3)cn2)n1. The number of ketones is 1. The number of Topliss-reactive ketones (excluding diaryl/α,β-unsaturated/α-hetero) is 1. The highest BCUT2D eigenvalue weighted by atomic mass is 19.1. The van der Waals surface area contributed by atoms with E-state index in [1.165, 1.54) is 6.07 Å². The summed E-state index contributed by atoms with van der Waals surface area (Å²) in [5.41, 5.74) is 7.84. The van der Waals surface area contributed by atoms with Gasteiger partial charge in [-0.15, -0.1) is 0 Å². The number of amides is 1. The number of anilines is 4. The van der Waals surface area contributed by atoms with Gasteiger partial charge in [-0.25, -0.2) is 19.3 Å². The van der Waals surface area contributed by atoms with Crippen LogP contribution in [-0.4, -0.2) is 77.4 Å². The number of piperidine rings is 1. The highest BCUT2D eigenvalue weighted by molar-refractivity contribution is 5.97. The predicted molar refractivity (Wildman–Crippen MR) is 165 cm³/mol. The monoisotopic (exact) mass is 586 g/mol. The van der Waals surface area contributed by atoms with Crippen molar-refractivity contribution in [3.63, 3.8) is 0 Å². The molecule has 1 aromatic carbocycles. The summed E-state index contributed by atoms with van der Waals surface area (Å²) < 4.78 is 14.8. The van der Waals surface area contributed by atoms with E-state index in [2.05, 4.69) is 44.0 Å². The van der Waals surface area contributed by atoms with Crippen molar-refractivity contribution in [1.29, 1.82) is 0 Å². The van der Waals surface area contributed by atoms with Gasteiger partial charge < -0.3 is 25.8 Å². The number of carbonyl (C=O) groups excluding carboxylic acids is 2. The van der Waals surface area contributed by atoms with Gasteiger partial charge in [0.25, 0.3) is 5.91 Å². The van der Waals surface area contributed by atoms with E-state index < -0.39 is 11.7 Å². The van der Waals surface area contributed by atoms with E-state index in [0.717, 1.165) is 69.7 Å². The minimum atomic E-state index is -0.694. The quantitative estimate of drug-likeness (QED) is 0.352. The molecule has 2 aliphatic heterocycles. The maximum atomic E-state index is 14.8. The highest BCUT2D eigenvalue weighted by Crippen LogP contribution is 2.40. The van der Waals surface area contributed by atoms with Crippen molar-refractivity contribution in [2.75, 3.05) is 54.9 Å². The van der Waals surface area contributed by atoms with Gasteiger partial charge in [-0.2, -0.15) is 0 Å². The zero-order chi connectivity index (χ0) is 30.1. The zero-order valence-electron chi connectivity index (χ0n) is 24.8. The minimum Gasteiger partial charge on any atom is -0.368 e. The fourth-order valence-electron chi connectivity index (χ4n) is 6.21. The summed E-state index contributed by atoms with van der Waals surface area (Å²) in [5.74, 6) is 0.480. The molecule has 3 N–H and O–H groups in total. The van der Waals surface area contributed by atoms with Gasteiger partial charge in [0.15, 0.2) is 17.3 Å². The number of nitrogens with one attached hydrogen (secondary N) is 1. The molecule has 2 aromatic heterocycles. The number of hydrogen-bond acceptors (Lipinski definition) is 9. The summed E-state index contributed by atoms with van der Waals surface area (Å²) in [6.45, 7) is 6.65. The lowest BCUT2D eigenvalue weighted by Crippen LogP contribution is -2.44. The van der Waals surface area contributed by atoms with Crippen molar-refractivity contribution < 1.29 is 14.0 Å². The molecule has 3 aromatic rings. The average molecular weight is 587 g/mol. The number of halogens is 1. The summed E-state index contributed by atoms with van der Waals surface area (Å²) >= 11 is 0. The first-order valence-electron chi connectivity index (χ1n) is 15.2. The molecule has 0 spiro atoms. The van der Waals surface area contributed by atoms with Gasteiger partial charge in [-0.1, -0.05) is 6.07 Å². The molecular weight excluding hydrogens is 547 g/mol. The number of benzene rings is 1. The molecule has 1 saturated carbocycles. The van der Waals surface area contributed by atoms with Crippen LogP contribution >= 0.6 is 0 Å². The van der Waals surface area contributed by atoms with Gasteiger partial charge in [0.2, 0.25) is 0 Å². The van der Waals surface area contributed by atoms with Crippen LogP contribution in [-0.2, 0) is 0 Å². The molecule has 226 valence electrons. The third-order valence-corrected chi connectivity index (χ3v) is 9.09. The lowest BCUT2D eigenvalue weighted by Gasteiger charge is -2.40. The van der Waals surface area contributed by atoms with Crippen molar-refractivity contribution in [1.82, 2.24) is 19.9 Å². The smallest absolute Gasteiger partial charge is 0.271 e. The largest absolute Gasteiger partial charge is 0.368 e. The number of likely N-dealkylation sites (N-methyl/N-ethyl adjacent to an activating group) is 1. The number of aromatic nitrogens is 3. The van der Waals surface area contributed by atoms with Crippen molar-refractivity contribution in [3.8, 4) is 0 Å². The van der Waals surface area contributed by atoms with Gasteiger partial charge in [0.1, 0.15) is 17.5 Å². The molecule has 3 aliphatic rings. The fourth-order valence-corrected chi connectivity index (χ4v) is 6.21. The lowest BCUT2D eigenvalue weighted by molar-refractivity contribution is 0.0940. The van der Waals surface area contributed by atoms with Crippen LogP contribution in [0, 0.1) is 11.7 Å². The number of nitrogens with zero attached hydrogens (tertiary/aromatic N) is 6. The van der Waals surface area contributed by atoms with E-state index in [1.807, 2.05) is 24.4 Å². The molecule has 1 aliphatic carbocycles. The van der Waals surface area contributed by atoms with Crippen molar-refractivity contribution >= 4 is 34.8 Å². The normalized spacial score (nSPS) is 21.1. The summed E-state index contributed by atoms with van der Waals surface area (Å²) in [6, 6.07) is 8.88. The number of rotatable bonds is 9. The molecule has 10 nitrogen and oxygen atoms in total. The Hall–Kier alpha value is -4.12. The molecule has 2 saturated heterocycles. The lowest BCUT2D eigenvalue weighted by atomic mass is 9.84. The topological polar surface area (TPSA) is 121 Å². The maximum Gasteiger partial charge on any atom is 0.271 e. The van der Waals surface area contributed by atoms with Crippen molar-refractivity contribution in [2.45, 2.75) is 51.0 Å². The van der Waals surface area contributed by atoms with E-state index in [1.54, 1.807) is 12.3 Å². The molecule has 0 bridgehead atoms. The second-order valence-corrected chi connectivity index (χ2v) is 12.1. The Morgan fingerprint density at radius 2 is 1.81 bits per heavy atom. The number of primary amides is 1. The predicted octanol–water partition coefficient (Wildman–Crippen LogP) is 4.36. The van der Waals surface area contributed by atoms with Crippen LogP contribution in [0.1, 0.15) is 71.4 Å². The van der Waals surface area contributed by atoms with E-state index in [9.17, 15) is 14.0 Å². The average Bonchev–Trinajstić information content (AvgIpc) is 3.85. The Morgan fingerprint density at radius 1 is 1.02 bits per heavy atom. The molecule has 0 radical (unpaired) electrons. The van der Waals surface area contributed by atoms with E-state index in [0.29, 0.717) is 17.6 Å². The zero-order valence-corrected chi connectivity index (χ0v) is 24.8. The number of hydrogen-bond donors (Lipinski definition) is 2. The van der Waals surface area contributed by atoms with Gasteiger partial charge in [-0.3, -0.25) is 9.59 Å². The third kappa shape index (κ3) is 6.46. The van der Waals surface area contributed by atoms with E-state index >= 15 is 0 Å². The second-order valence-electron chi connectivity index (χ2n) is 12.1. The maximum absolute atomic E-state index is 14.8. The number of pyridine rings is 1. The first-order chi connectivity index (χ1) is 20.8. The Balaban J connectivity index is 1.16. The first-order valence-corrected chi connectivity index (χ1v) is 15.2. The summed E-state index contributed by atoms with van der Waals surface area (Å²) in [7, 11) is 2.12. The molecule has 2 atom stereocenters. The summed E-state index contributed by atoms with van der Waals surface area (Å²) in [6.07, 6.45) is 7.48. The van der Waals surface area contributed by atoms with Crippen LogP contribution in [0.2, 0.25) is 0 Å². The first kappa shape index (κ1) is 29.0. The van der Waals surface area contributed by atoms with Crippen LogP contribution < -0.4 is 20.9 Å². The van der Waals surface area contributed by atoms with Crippen molar-refractivity contribution in [2.24, 2.45) is 11.7 Å².